The predicted molar refractivity (Wildman–Crippen MR) is 151 cm³/mol. The van der Waals surface area contributed by atoms with Crippen LogP contribution in [0.4, 0.5) is 4.79 Å². The smallest absolute Gasteiger partial charge is 0.453 e. The van der Waals surface area contributed by atoms with Crippen molar-refractivity contribution in [2.75, 3.05) is 26.2 Å². The summed E-state index contributed by atoms with van der Waals surface area (Å²) in [5.41, 5.74) is 1.05. The molecule has 1 aromatic carbocycles. The van der Waals surface area contributed by atoms with Gasteiger partial charge in [-0.15, -0.1) is 0 Å². The van der Waals surface area contributed by atoms with Gasteiger partial charge in [-0.2, -0.15) is 5.26 Å². The van der Waals surface area contributed by atoms with Crippen molar-refractivity contribution in [2.24, 2.45) is 5.41 Å². The molecule has 10 nitrogen and oxygen atoms in total. The van der Waals surface area contributed by atoms with E-state index in [-0.39, 0.29) is 29.8 Å². The molecule has 2 saturated heterocycles. The van der Waals surface area contributed by atoms with Gasteiger partial charge in [0.1, 0.15) is 23.3 Å². The summed E-state index contributed by atoms with van der Waals surface area (Å²) in [5.74, 6) is -0.367. The number of hydrogen-bond acceptors (Lipinski definition) is 8. The minimum absolute atomic E-state index is 0.0867. The van der Waals surface area contributed by atoms with Crippen molar-refractivity contribution in [3.05, 3.63) is 47.7 Å². The number of fused-ring (bicyclic) bond motifs is 1. The van der Waals surface area contributed by atoms with Gasteiger partial charge < -0.3 is 29.4 Å². The fourth-order valence-electron chi connectivity index (χ4n) is 5.65. The lowest BCUT2D eigenvalue weighted by atomic mass is 9.79. The van der Waals surface area contributed by atoms with Crippen LogP contribution in [0.25, 0.3) is 11.0 Å². The molecule has 0 aliphatic carbocycles. The van der Waals surface area contributed by atoms with Crippen LogP contribution in [0.1, 0.15) is 58.6 Å². The number of carbonyl (C=O) groups is 2. The Morgan fingerprint density at radius 3 is 2.75 bits per heavy atom. The number of rotatable bonds is 8. The molecule has 2 aromatic rings. The maximum atomic E-state index is 13.4. The first-order chi connectivity index (χ1) is 18.9. The van der Waals surface area contributed by atoms with Crippen molar-refractivity contribution < 1.29 is 28.8 Å². The van der Waals surface area contributed by atoms with Crippen LogP contribution < -0.4 is 5.32 Å². The largest absolute Gasteiger partial charge is 0.464 e. The average Bonchev–Trinajstić information content (AvgIpc) is 3.49. The molecule has 4 rings (SSSR count). The van der Waals surface area contributed by atoms with Gasteiger partial charge in [-0.1, -0.05) is 32.0 Å². The molecular formula is C29H39BN4O6. The van der Waals surface area contributed by atoms with Crippen molar-refractivity contribution in [3.63, 3.8) is 0 Å². The zero-order chi connectivity index (χ0) is 29.1. The van der Waals surface area contributed by atoms with Crippen LogP contribution in [0.5, 0.6) is 0 Å². The Balaban J connectivity index is 1.40. The van der Waals surface area contributed by atoms with Gasteiger partial charge in [0.25, 0.3) is 5.91 Å². The molecule has 2 aliphatic heterocycles. The van der Waals surface area contributed by atoms with Crippen molar-refractivity contribution in [3.8, 4) is 6.07 Å². The summed E-state index contributed by atoms with van der Waals surface area (Å²) < 4.78 is 11.2. The molecular weight excluding hydrogens is 511 g/mol. The van der Waals surface area contributed by atoms with Crippen molar-refractivity contribution >= 4 is 30.1 Å². The molecule has 0 radical (unpaired) electrons. The topological polar surface area (TPSA) is 139 Å². The van der Waals surface area contributed by atoms with Crippen LogP contribution in [-0.4, -0.2) is 76.8 Å². The molecule has 1 aromatic heterocycles. The van der Waals surface area contributed by atoms with E-state index in [1.807, 2.05) is 32.0 Å². The van der Waals surface area contributed by atoms with Crippen molar-refractivity contribution in [1.29, 1.82) is 5.26 Å². The van der Waals surface area contributed by atoms with Gasteiger partial charge in [0.15, 0.2) is 0 Å². The van der Waals surface area contributed by atoms with E-state index in [0.29, 0.717) is 30.5 Å². The van der Waals surface area contributed by atoms with Gasteiger partial charge in [-0.3, -0.25) is 9.69 Å². The number of para-hydroxylation sites is 1. The Morgan fingerprint density at radius 1 is 1.32 bits per heavy atom. The number of piperidine rings is 1. The van der Waals surface area contributed by atoms with Crippen LogP contribution >= 0.6 is 0 Å². The van der Waals surface area contributed by atoms with E-state index < -0.39 is 30.9 Å². The lowest BCUT2D eigenvalue weighted by Gasteiger charge is -2.35. The summed E-state index contributed by atoms with van der Waals surface area (Å²) in [7, 11) is -1.66. The van der Waals surface area contributed by atoms with E-state index in [9.17, 15) is 24.9 Å². The van der Waals surface area contributed by atoms with Crippen LogP contribution in [0.3, 0.4) is 0 Å². The second-order valence-corrected chi connectivity index (χ2v) is 12.2. The predicted octanol–water partition coefficient (Wildman–Crippen LogP) is 3.62. The molecule has 3 N–H and O–H groups in total. The third-order valence-electron chi connectivity index (χ3n) is 7.90. The third-order valence-corrected chi connectivity index (χ3v) is 7.90. The first kappa shape index (κ1) is 29.7. The highest BCUT2D eigenvalue weighted by molar-refractivity contribution is 6.41. The SMILES string of the molecule is CC1(C)CCN(C(C)(C)C=C(C#N)C(=O)N2CCC[C@H](OC(=O)N[C@H](CB(O)O)c3coc4ccccc34)C2)C1. The van der Waals surface area contributed by atoms with E-state index in [1.165, 1.54) is 6.26 Å². The lowest BCUT2D eigenvalue weighted by Crippen LogP contribution is -2.46. The number of hydrogen-bond donors (Lipinski definition) is 3. The van der Waals surface area contributed by atoms with E-state index in [1.54, 1.807) is 17.0 Å². The summed E-state index contributed by atoms with van der Waals surface area (Å²) in [4.78, 5) is 30.1. The Kier molecular flexibility index (Phi) is 8.93. The van der Waals surface area contributed by atoms with E-state index in [2.05, 4.69) is 30.1 Å². The number of nitrogens with zero attached hydrogens (tertiary/aromatic N) is 3. The highest BCUT2D eigenvalue weighted by atomic mass is 16.6. The van der Waals surface area contributed by atoms with Gasteiger partial charge in [0.05, 0.1) is 18.8 Å². The standard InChI is InChI=1S/C29H39BN4O6/c1-28(2)11-13-34(19-28)29(3,4)14-20(16-31)26(35)33-12-7-8-21(17-33)40-27(36)32-24(15-30(37)38)23-18-39-25-10-6-5-9-22(23)25/h5-6,9-10,14,18,21,24,37-38H,7-8,11-13,15,17,19H2,1-4H3,(H,32,36)/t21-,24+/m0/s1. The maximum Gasteiger partial charge on any atom is 0.453 e. The Labute approximate surface area is 235 Å². The molecule has 0 saturated carbocycles. The molecule has 40 heavy (non-hydrogen) atoms. The average molecular weight is 550 g/mol. The number of nitriles is 1. The minimum Gasteiger partial charge on any atom is -0.464 e. The number of benzene rings is 1. The maximum absolute atomic E-state index is 13.4. The van der Waals surface area contributed by atoms with Crippen molar-refractivity contribution in [2.45, 2.75) is 71.0 Å². The van der Waals surface area contributed by atoms with Gasteiger partial charge >= 0.3 is 13.2 Å². The molecule has 214 valence electrons. The van der Waals surface area contributed by atoms with E-state index in [4.69, 9.17) is 9.15 Å². The number of likely N-dealkylation sites (tertiary alicyclic amines) is 2. The molecule has 2 aliphatic rings. The second-order valence-electron chi connectivity index (χ2n) is 12.2. The Hall–Kier alpha value is -3.33. The Morgan fingerprint density at radius 2 is 2.08 bits per heavy atom. The van der Waals surface area contributed by atoms with Gasteiger partial charge in [-0.25, -0.2) is 4.79 Å². The molecule has 3 heterocycles. The van der Waals surface area contributed by atoms with Crippen LogP contribution in [0, 0.1) is 16.7 Å². The quantitative estimate of drug-likeness (QED) is 0.257. The Bertz CT molecular complexity index is 1300. The zero-order valence-corrected chi connectivity index (χ0v) is 23.7. The molecule has 0 bridgehead atoms. The first-order valence-electron chi connectivity index (χ1n) is 13.9. The second kappa shape index (κ2) is 12.0. The number of carbonyl (C=O) groups excluding carboxylic acids is 2. The molecule has 0 unspecified atom stereocenters. The summed E-state index contributed by atoms with van der Waals surface area (Å²) in [6.45, 7) is 10.9. The summed E-state index contributed by atoms with van der Waals surface area (Å²) in [6.07, 6.45) is 4.04. The summed E-state index contributed by atoms with van der Waals surface area (Å²) in [6, 6.07) is 8.60. The number of alkyl carbamates (subject to hydrolysis) is 1. The number of furan rings is 1. The number of ether oxygens (including phenoxy) is 1. The molecule has 2 amide bonds. The third kappa shape index (κ3) is 7.05. The molecule has 11 heteroatoms. The van der Waals surface area contributed by atoms with Crippen LogP contribution in [0.2, 0.25) is 6.32 Å². The van der Waals surface area contributed by atoms with Crippen LogP contribution in [0.15, 0.2) is 46.6 Å². The lowest BCUT2D eigenvalue weighted by molar-refractivity contribution is -0.129. The molecule has 0 spiro atoms. The van der Waals surface area contributed by atoms with Crippen LogP contribution in [-0.2, 0) is 9.53 Å². The molecule has 2 atom stereocenters. The van der Waals surface area contributed by atoms with Gasteiger partial charge in [0.2, 0.25) is 0 Å². The molecule has 2 fully saturated rings. The van der Waals surface area contributed by atoms with E-state index in [0.717, 1.165) is 24.9 Å². The fourth-order valence-corrected chi connectivity index (χ4v) is 5.65. The highest BCUT2D eigenvalue weighted by Crippen LogP contribution is 2.34. The van der Waals surface area contributed by atoms with Gasteiger partial charge in [-0.05, 0) is 57.2 Å². The highest BCUT2D eigenvalue weighted by Gasteiger charge is 2.38. The van der Waals surface area contributed by atoms with Crippen molar-refractivity contribution in [1.82, 2.24) is 15.1 Å². The van der Waals surface area contributed by atoms with Gasteiger partial charge in [0, 0.05) is 35.9 Å². The fraction of sp³-hybridized carbons (Fsp3) is 0.552. The minimum atomic E-state index is -1.66. The number of amides is 2. The normalized spacial score (nSPS) is 20.7. The monoisotopic (exact) mass is 550 g/mol. The summed E-state index contributed by atoms with van der Waals surface area (Å²) in [5, 5.41) is 32.6. The first-order valence-corrected chi connectivity index (χ1v) is 13.9. The van der Waals surface area contributed by atoms with E-state index >= 15 is 0 Å². The summed E-state index contributed by atoms with van der Waals surface area (Å²) >= 11 is 0. The number of nitrogens with one attached hydrogen (secondary N) is 1. The zero-order valence-electron chi connectivity index (χ0n) is 23.7.